The lowest BCUT2D eigenvalue weighted by atomic mass is 10.1. The number of halogens is 3. The quantitative estimate of drug-likeness (QED) is 0.331. The van der Waals surface area contributed by atoms with Gasteiger partial charge in [-0.3, -0.25) is 14.6 Å². The van der Waals surface area contributed by atoms with Crippen LogP contribution in [0.3, 0.4) is 0 Å². The number of nitrogens with zero attached hydrogens (tertiary/aromatic N) is 4. The summed E-state index contributed by atoms with van der Waals surface area (Å²) < 4.78 is 48.4. The second-order valence-corrected chi connectivity index (χ2v) is 8.51. The van der Waals surface area contributed by atoms with Gasteiger partial charge in [0.25, 0.3) is 5.56 Å². The smallest absolute Gasteiger partial charge is 0.406 e. The van der Waals surface area contributed by atoms with E-state index in [1.165, 1.54) is 6.07 Å². The molecule has 5 rings (SSSR count). The molecule has 0 atom stereocenters. The number of benzene rings is 2. The topological polar surface area (TPSA) is 107 Å². The van der Waals surface area contributed by atoms with Crippen LogP contribution in [0.1, 0.15) is 22.4 Å². The summed E-state index contributed by atoms with van der Waals surface area (Å²) >= 11 is 0. The highest BCUT2D eigenvalue weighted by Crippen LogP contribution is 2.35. The number of amides is 1. The van der Waals surface area contributed by atoms with Gasteiger partial charge in [0.15, 0.2) is 5.75 Å². The Kier molecular flexibility index (Phi) is 6.69. The fourth-order valence-electron chi connectivity index (χ4n) is 3.97. The maximum absolute atomic E-state index is 13.6. The van der Waals surface area contributed by atoms with Crippen LogP contribution in [0.25, 0.3) is 10.9 Å². The van der Waals surface area contributed by atoms with Crippen LogP contribution in [-0.2, 0) is 25.8 Å². The van der Waals surface area contributed by atoms with E-state index in [2.05, 4.69) is 20.6 Å². The number of nitrogens with one attached hydrogen (secondary N) is 2. The van der Waals surface area contributed by atoms with Crippen LogP contribution in [-0.4, -0.2) is 30.6 Å². The first-order chi connectivity index (χ1) is 18.3. The fourth-order valence-corrected chi connectivity index (χ4v) is 3.97. The third-order valence-corrected chi connectivity index (χ3v) is 5.82. The molecule has 0 radical (unpaired) electrons. The van der Waals surface area contributed by atoms with Crippen LogP contribution >= 0.6 is 0 Å². The van der Waals surface area contributed by atoms with Crippen LogP contribution in [0.4, 0.5) is 18.0 Å². The van der Waals surface area contributed by atoms with Gasteiger partial charge in [-0.1, -0.05) is 42.5 Å². The minimum absolute atomic E-state index is 0.0160. The molecule has 3 aromatic heterocycles. The van der Waals surface area contributed by atoms with Crippen molar-refractivity contribution in [1.82, 2.24) is 29.9 Å². The predicted molar refractivity (Wildman–Crippen MR) is 132 cm³/mol. The van der Waals surface area contributed by atoms with E-state index in [1.807, 2.05) is 6.07 Å². The monoisotopic (exact) mass is 522 g/mol. The van der Waals surface area contributed by atoms with Crippen molar-refractivity contribution >= 4 is 17.0 Å². The summed E-state index contributed by atoms with van der Waals surface area (Å²) in [7, 11) is 0. The first-order valence-corrected chi connectivity index (χ1v) is 11.5. The molecule has 0 spiro atoms. The van der Waals surface area contributed by atoms with E-state index < -0.39 is 23.7 Å². The van der Waals surface area contributed by atoms with E-state index in [1.54, 1.807) is 65.5 Å². The van der Waals surface area contributed by atoms with Crippen LogP contribution < -0.4 is 15.6 Å². The number of hydrogen-bond donors (Lipinski definition) is 2. The van der Waals surface area contributed by atoms with E-state index in [9.17, 15) is 22.8 Å². The van der Waals surface area contributed by atoms with Crippen LogP contribution in [0.2, 0.25) is 0 Å². The zero-order chi connectivity index (χ0) is 26.7. The highest BCUT2D eigenvalue weighted by atomic mass is 19.4. The molecular weight excluding hydrogens is 501 g/mol. The Morgan fingerprint density at radius 3 is 2.50 bits per heavy atom. The largest absolute Gasteiger partial charge is 0.438 e. The molecule has 0 unspecified atom stereocenters. The summed E-state index contributed by atoms with van der Waals surface area (Å²) in [6.45, 7) is 0.414. The molecule has 2 N–H and O–H groups in total. The molecule has 194 valence electrons. The number of carbonyl (C=O) groups excluding carboxylic acids is 1. The zero-order valence-electron chi connectivity index (χ0n) is 19.8. The molecule has 0 saturated carbocycles. The molecule has 0 fully saturated rings. The molecule has 3 heterocycles. The first kappa shape index (κ1) is 24.8. The lowest BCUT2D eigenvalue weighted by Gasteiger charge is -2.08. The maximum Gasteiger partial charge on any atom is 0.438 e. The van der Waals surface area contributed by atoms with Crippen LogP contribution in [0, 0.1) is 0 Å². The molecule has 38 heavy (non-hydrogen) atoms. The number of aromatic nitrogens is 5. The van der Waals surface area contributed by atoms with Gasteiger partial charge in [-0.2, -0.15) is 23.4 Å². The molecule has 5 aromatic rings. The fraction of sp³-hybridized carbons (Fsp3) is 0.154. The summed E-state index contributed by atoms with van der Waals surface area (Å²) in [6, 6.07) is 17.3. The average molecular weight is 522 g/mol. The Labute approximate surface area is 213 Å². The number of ether oxygens (including phenoxy) is 1. The van der Waals surface area contributed by atoms with Gasteiger partial charge < -0.3 is 14.6 Å². The average Bonchev–Trinajstić information content (AvgIpc) is 3.52. The highest BCUT2D eigenvalue weighted by Gasteiger charge is 2.39. The summed E-state index contributed by atoms with van der Waals surface area (Å²) in [6.07, 6.45) is -1.56. The predicted octanol–water partition coefficient (Wildman–Crippen LogP) is 4.33. The van der Waals surface area contributed by atoms with Gasteiger partial charge in [0, 0.05) is 24.2 Å². The standard InChI is InChI=1S/C26H21F3N6O3/c27-26(28,29)24-22(38-25(37)30-12-19-4-3-5-21-20(19)13-31-32-21)16-35(33-24)15-18-9-7-17(8-10-18)14-34-11-2-1-6-23(34)36/h1-11,13,16H,12,14-15H2,(H,30,37)(H,31,32). The molecule has 0 bridgehead atoms. The van der Waals surface area contributed by atoms with Crippen molar-refractivity contribution in [2.24, 2.45) is 0 Å². The molecule has 0 aliphatic rings. The minimum Gasteiger partial charge on any atom is -0.406 e. The van der Waals surface area contributed by atoms with Crippen molar-refractivity contribution in [3.63, 3.8) is 0 Å². The first-order valence-electron chi connectivity index (χ1n) is 11.5. The number of H-pyrrole nitrogens is 1. The van der Waals surface area contributed by atoms with E-state index in [0.29, 0.717) is 12.1 Å². The van der Waals surface area contributed by atoms with Crippen molar-refractivity contribution in [3.05, 3.63) is 112 Å². The third-order valence-electron chi connectivity index (χ3n) is 5.82. The molecule has 1 amide bonds. The van der Waals surface area contributed by atoms with Gasteiger partial charge in [-0.05, 0) is 28.8 Å². The molecule has 0 aliphatic carbocycles. The molecule has 0 saturated heterocycles. The van der Waals surface area contributed by atoms with Gasteiger partial charge in [0.05, 0.1) is 31.0 Å². The normalized spacial score (nSPS) is 11.6. The van der Waals surface area contributed by atoms with Crippen molar-refractivity contribution in [3.8, 4) is 5.75 Å². The number of rotatable bonds is 7. The lowest BCUT2D eigenvalue weighted by molar-refractivity contribution is -0.142. The van der Waals surface area contributed by atoms with Crippen molar-refractivity contribution in [2.75, 3.05) is 0 Å². The molecule has 12 heteroatoms. The Morgan fingerprint density at radius 1 is 1.00 bits per heavy atom. The van der Waals surface area contributed by atoms with Crippen molar-refractivity contribution in [1.29, 1.82) is 0 Å². The van der Waals surface area contributed by atoms with Crippen LogP contribution in [0.15, 0.2) is 84.0 Å². The van der Waals surface area contributed by atoms with E-state index >= 15 is 0 Å². The van der Waals surface area contributed by atoms with Crippen LogP contribution in [0.5, 0.6) is 5.75 Å². The molecule has 2 aromatic carbocycles. The summed E-state index contributed by atoms with van der Waals surface area (Å²) in [5.74, 6) is -0.698. The second kappa shape index (κ2) is 10.2. The number of hydrogen-bond acceptors (Lipinski definition) is 5. The maximum atomic E-state index is 13.6. The highest BCUT2D eigenvalue weighted by molar-refractivity contribution is 5.82. The molecule has 0 aliphatic heterocycles. The minimum atomic E-state index is -4.82. The Bertz CT molecular complexity index is 1640. The number of pyridine rings is 1. The number of fused-ring (bicyclic) bond motifs is 1. The summed E-state index contributed by atoms with van der Waals surface area (Å²) in [4.78, 5) is 24.2. The lowest BCUT2D eigenvalue weighted by Crippen LogP contribution is -2.27. The van der Waals surface area contributed by atoms with E-state index in [4.69, 9.17) is 4.74 Å². The van der Waals surface area contributed by atoms with E-state index in [-0.39, 0.29) is 18.6 Å². The van der Waals surface area contributed by atoms with Gasteiger partial charge in [-0.15, -0.1) is 0 Å². The number of aromatic amines is 1. The van der Waals surface area contributed by atoms with Gasteiger partial charge in [-0.25, -0.2) is 4.79 Å². The Morgan fingerprint density at radius 2 is 1.76 bits per heavy atom. The Balaban J connectivity index is 1.26. The van der Waals surface area contributed by atoms with Gasteiger partial charge in [0.1, 0.15) is 0 Å². The second-order valence-electron chi connectivity index (χ2n) is 8.51. The number of carbonyl (C=O) groups is 1. The molecular formula is C26H21F3N6O3. The third kappa shape index (κ3) is 5.59. The van der Waals surface area contributed by atoms with Gasteiger partial charge in [0.2, 0.25) is 5.69 Å². The summed E-state index contributed by atoms with van der Waals surface area (Å²) in [5, 5.41) is 13.6. The zero-order valence-corrected chi connectivity index (χ0v) is 19.8. The summed E-state index contributed by atoms with van der Waals surface area (Å²) in [5.41, 5.74) is 1.58. The number of alkyl halides is 3. The SMILES string of the molecule is O=C(NCc1cccc2[nH]ncc12)Oc1cn(Cc2ccc(Cn3ccccc3=O)cc2)nc1C(F)(F)F. The Hall–Kier alpha value is -4.87. The molecule has 9 nitrogen and oxygen atoms in total. The van der Waals surface area contributed by atoms with Crippen molar-refractivity contribution < 1.29 is 22.7 Å². The van der Waals surface area contributed by atoms with Gasteiger partial charge >= 0.3 is 12.3 Å². The van der Waals surface area contributed by atoms with E-state index in [0.717, 1.165) is 32.9 Å². The van der Waals surface area contributed by atoms with Crippen molar-refractivity contribution in [2.45, 2.75) is 25.8 Å².